The van der Waals surface area contributed by atoms with Crippen molar-refractivity contribution in [2.45, 2.75) is 68.6 Å². The zero-order valence-electron chi connectivity index (χ0n) is 18.3. The smallest absolute Gasteiger partial charge is 0.339 e. The van der Waals surface area contributed by atoms with Gasteiger partial charge < -0.3 is 33.2 Å². The number of esters is 2. The van der Waals surface area contributed by atoms with Crippen molar-refractivity contribution in [1.29, 1.82) is 0 Å². The predicted molar refractivity (Wildman–Crippen MR) is 107 cm³/mol. The Hall–Kier alpha value is -0.780. The van der Waals surface area contributed by atoms with Gasteiger partial charge in [0.2, 0.25) is 6.29 Å². The predicted octanol–water partition coefficient (Wildman–Crippen LogP) is 1.75. The van der Waals surface area contributed by atoms with E-state index in [0.717, 1.165) is 0 Å². The van der Waals surface area contributed by atoms with Crippen LogP contribution in [0.4, 0.5) is 0 Å². The third-order valence-electron chi connectivity index (χ3n) is 8.09. The van der Waals surface area contributed by atoms with E-state index in [2.05, 4.69) is 36.7 Å². The fraction of sp³-hybridized carbons (Fsp3) is 0.905. The maximum Gasteiger partial charge on any atom is 0.339 e. The van der Waals surface area contributed by atoms with Crippen LogP contribution in [0.2, 0.25) is 0 Å². The SMILES string of the molecule is COCO[C@@H]1C(=O)O[C@H]2O[C@@]34C[C@@H](Br)[C@H](OCOC)C35[C@@H](C[C@@H](C(C)(C)C)C215)OC4=O. The van der Waals surface area contributed by atoms with Gasteiger partial charge >= 0.3 is 11.9 Å². The Balaban J connectivity index is 1.77. The number of ether oxygens (including phenoxy) is 7. The van der Waals surface area contributed by atoms with Crippen LogP contribution in [0.25, 0.3) is 0 Å². The highest BCUT2D eigenvalue weighted by molar-refractivity contribution is 9.09. The topological polar surface area (TPSA) is 98.8 Å². The fourth-order valence-corrected chi connectivity index (χ4v) is 8.54. The first-order valence-corrected chi connectivity index (χ1v) is 11.5. The van der Waals surface area contributed by atoms with Crippen LogP contribution in [0, 0.1) is 22.2 Å². The van der Waals surface area contributed by atoms with Crippen LogP contribution in [0.5, 0.6) is 0 Å². The van der Waals surface area contributed by atoms with Gasteiger partial charge in [0.05, 0.1) is 16.9 Å². The van der Waals surface area contributed by atoms with Crippen molar-refractivity contribution in [3.8, 4) is 0 Å². The van der Waals surface area contributed by atoms with Crippen molar-refractivity contribution in [1.82, 2.24) is 0 Å². The molecule has 0 amide bonds. The minimum atomic E-state index is -1.29. The lowest BCUT2D eigenvalue weighted by atomic mass is 9.52. The van der Waals surface area contributed by atoms with Gasteiger partial charge in [0, 0.05) is 25.5 Å². The minimum Gasteiger partial charge on any atom is -0.459 e. The zero-order valence-corrected chi connectivity index (χ0v) is 19.9. The van der Waals surface area contributed by atoms with E-state index >= 15 is 0 Å². The summed E-state index contributed by atoms with van der Waals surface area (Å²) >= 11 is 3.74. The van der Waals surface area contributed by atoms with Gasteiger partial charge in [0.25, 0.3) is 0 Å². The molecule has 9 atom stereocenters. The molecule has 3 heterocycles. The van der Waals surface area contributed by atoms with Crippen molar-refractivity contribution in [2.24, 2.45) is 22.2 Å². The lowest BCUT2D eigenvalue weighted by molar-refractivity contribution is -0.203. The number of hydrogen-bond acceptors (Lipinski definition) is 9. The van der Waals surface area contributed by atoms with E-state index in [4.69, 9.17) is 33.2 Å². The van der Waals surface area contributed by atoms with Crippen LogP contribution < -0.4 is 0 Å². The Morgan fingerprint density at radius 3 is 2.42 bits per heavy atom. The number of hydrogen-bond donors (Lipinski definition) is 0. The van der Waals surface area contributed by atoms with Gasteiger partial charge in [0.15, 0.2) is 11.7 Å². The van der Waals surface area contributed by atoms with Crippen LogP contribution in [-0.2, 0) is 42.7 Å². The van der Waals surface area contributed by atoms with Crippen molar-refractivity contribution < 1.29 is 42.7 Å². The second kappa shape index (κ2) is 6.87. The number of rotatable bonds is 6. The molecular weight excluding hydrogens is 476 g/mol. The molecule has 9 nitrogen and oxygen atoms in total. The molecule has 10 heteroatoms. The molecule has 0 aromatic rings. The number of halogens is 1. The Bertz CT molecular complexity index is 798. The molecule has 0 radical (unpaired) electrons. The Morgan fingerprint density at radius 1 is 1.10 bits per heavy atom. The van der Waals surface area contributed by atoms with E-state index in [-0.39, 0.29) is 29.7 Å². The van der Waals surface area contributed by atoms with E-state index in [1.807, 2.05) is 0 Å². The number of carbonyl (C=O) groups is 2. The Labute approximate surface area is 189 Å². The highest BCUT2D eigenvalue weighted by atomic mass is 79.9. The van der Waals surface area contributed by atoms with E-state index in [1.165, 1.54) is 7.11 Å². The Kier molecular flexibility index (Phi) is 4.88. The van der Waals surface area contributed by atoms with Crippen molar-refractivity contribution in [2.75, 3.05) is 27.8 Å². The summed E-state index contributed by atoms with van der Waals surface area (Å²) < 4.78 is 40.8. The summed E-state index contributed by atoms with van der Waals surface area (Å²) in [6.45, 7) is 6.29. The van der Waals surface area contributed by atoms with Gasteiger partial charge in [-0.15, -0.1) is 0 Å². The quantitative estimate of drug-likeness (QED) is 0.304. The second-order valence-electron chi connectivity index (χ2n) is 10.2. The molecule has 3 saturated heterocycles. The lowest BCUT2D eigenvalue weighted by Gasteiger charge is -2.49. The van der Waals surface area contributed by atoms with Gasteiger partial charge in [0.1, 0.15) is 19.7 Å². The van der Waals surface area contributed by atoms with Crippen molar-refractivity contribution in [3.63, 3.8) is 0 Å². The maximum absolute atomic E-state index is 13.3. The summed E-state index contributed by atoms with van der Waals surface area (Å²) in [6.07, 6.45) is -2.01. The third-order valence-corrected chi connectivity index (χ3v) is 8.89. The van der Waals surface area contributed by atoms with Crippen molar-refractivity contribution in [3.05, 3.63) is 0 Å². The van der Waals surface area contributed by atoms with Crippen LogP contribution in [0.1, 0.15) is 33.6 Å². The summed E-state index contributed by atoms with van der Waals surface area (Å²) in [4.78, 5) is 26.3. The molecule has 5 aliphatic rings. The van der Waals surface area contributed by atoms with E-state index in [0.29, 0.717) is 12.8 Å². The lowest BCUT2D eigenvalue weighted by Crippen LogP contribution is -2.63. The van der Waals surface area contributed by atoms with Crippen LogP contribution in [-0.4, -0.2) is 74.8 Å². The molecule has 5 fully saturated rings. The van der Waals surface area contributed by atoms with E-state index in [1.54, 1.807) is 7.11 Å². The molecule has 0 bridgehead atoms. The molecule has 174 valence electrons. The van der Waals surface area contributed by atoms with Crippen molar-refractivity contribution >= 4 is 27.9 Å². The van der Waals surface area contributed by atoms with Gasteiger partial charge in [-0.1, -0.05) is 36.7 Å². The molecule has 2 spiro atoms. The molecule has 0 aromatic heterocycles. The molecule has 0 N–H and O–H groups in total. The monoisotopic (exact) mass is 504 g/mol. The molecule has 2 aliphatic carbocycles. The van der Waals surface area contributed by atoms with Gasteiger partial charge in [-0.2, -0.15) is 0 Å². The molecule has 31 heavy (non-hydrogen) atoms. The fourth-order valence-electron chi connectivity index (χ4n) is 7.51. The summed E-state index contributed by atoms with van der Waals surface area (Å²) in [5, 5.41) is 0. The molecule has 3 aliphatic heterocycles. The molecule has 0 aromatic carbocycles. The zero-order chi connectivity index (χ0) is 22.4. The third kappa shape index (κ3) is 2.29. The molecule has 2 unspecified atom stereocenters. The van der Waals surface area contributed by atoms with Gasteiger partial charge in [-0.25, -0.2) is 9.59 Å². The Morgan fingerprint density at radius 2 is 1.77 bits per heavy atom. The number of alkyl halides is 1. The average molecular weight is 505 g/mol. The normalized spacial score (nSPS) is 49.7. The van der Waals surface area contributed by atoms with Crippen LogP contribution in [0.3, 0.4) is 0 Å². The summed E-state index contributed by atoms with van der Waals surface area (Å²) in [5.41, 5.74) is -3.51. The molecule has 5 rings (SSSR count). The number of carbonyl (C=O) groups excluding carboxylic acids is 2. The summed E-state index contributed by atoms with van der Waals surface area (Å²) in [7, 11) is 3.05. The minimum absolute atomic E-state index is 0.0326. The molecular formula is C21H29BrO9. The van der Waals surface area contributed by atoms with Gasteiger partial charge in [-0.3, -0.25) is 0 Å². The first kappa shape index (κ1) is 22.0. The van der Waals surface area contributed by atoms with E-state index < -0.39 is 53.0 Å². The summed E-state index contributed by atoms with van der Waals surface area (Å²) in [6, 6.07) is 0. The van der Waals surface area contributed by atoms with E-state index in [9.17, 15) is 9.59 Å². The molecule has 2 saturated carbocycles. The first-order valence-electron chi connectivity index (χ1n) is 10.6. The standard InChI is InChI=1S/C21H29BrO9/c1-18(2,3)11-6-12-21-13(27-8-25-4)10(22)7-19(21,16(24)29-12)31-17-20(11,21)14(15(23)30-17)28-9-26-5/h10-14,17H,6-9H2,1-5H3/t10-,11+,12-,13+,14-,17+,19-,20?,21?/m1/s1. The average Bonchev–Trinajstić information content (AvgIpc) is 3.34. The second-order valence-corrected chi connectivity index (χ2v) is 11.4. The summed E-state index contributed by atoms with van der Waals surface area (Å²) in [5.74, 6) is -1.04. The van der Waals surface area contributed by atoms with Crippen LogP contribution >= 0.6 is 15.9 Å². The number of methoxy groups -OCH3 is 2. The van der Waals surface area contributed by atoms with Crippen LogP contribution in [0.15, 0.2) is 0 Å². The highest BCUT2D eigenvalue weighted by Crippen LogP contribution is 2.82. The largest absolute Gasteiger partial charge is 0.459 e. The highest BCUT2D eigenvalue weighted by Gasteiger charge is 2.97. The maximum atomic E-state index is 13.3. The first-order chi connectivity index (χ1) is 14.6. The van der Waals surface area contributed by atoms with Gasteiger partial charge in [-0.05, 0) is 17.8 Å².